The predicted octanol–water partition coefficient (Wildman–Crippen LogP) is 6.21. The summed E-state index contributed by atoms with van der Waals surface area (Å²) in [6.07, 6.45) is 0. The Morgan fingerprint density at radius 2 is 1.71 bits per heavy atom. The Hall–Kier alpha value is -3.07. The molecule has 3 heteroatoms. The Morgan fingerprint density at radius 3 is 2.46 bits per heavy atom. The van der Waals surface area contributed by atoms with Crippen LogP contribution in [-0.4, -0.2) is 16.2 Å². The molecule has 0 saturated heterocycles. The van der Waals surface area contributed by atoms with Crippen molar-refractivity contribution >= 4 is 11.0 Å². The number of hydrogen-bond donors (Lipinski definition) is 0. The molecular weight excluding hydrogens is 344 g/mol. The van der Waals surface area contributed by atoms with Gasteiger partial charge in [0, 0.05) is 5.56 Å². The molecule has 0 amide bonds. The third-order valence-electron chi connectivity index (χ3n) is 5.06. The van der Waals surface area contributed by atoms with Crippen molar-refractivity contribution in [1.29, 1.82) is 0 Å². The number of aryl methyl sites for hydroxylation is 1. The summed E-state index contributed by atoms with van der Waals surface area (Å²) in [5, 5.41) is 0. The van der Waals surface area contributed by atoms with Gasteiger partial charge in [0.25, 0.3) is 0 Å². The standard InChI is InChI=1S/C25H26N2O/c1-18(2)20-11-13-22(14-12-20)28-16-15-27-24-10-5-4-9-23(24)26-25(27)21-8-6-7-19(3)17-21/h4-14,17-18H,15-16H2,1-3H3. The van der Waals surface area contributed by atoms with E-state index in [0.29, 0.717) is 12.5 Å². The third-order valence-corrected chi connectivity index (χ3v) is 5.06. The van der Waals surface area contributed by atoms with E-state index in [1.807, 2.05) is 6.07 Å². The Morgan fingerprint density at radius 1 is 0.929 bits per heavy atom. The van der Waals surface area contributed by atoms with E-state index < -0.39 is 0 Å². The summed E-state index contributed by atoms with van der Waals surface area (Å²) >= 11 is 0. The van der Waals surface area contributed by atoms with E-state index in [4.69, 9.17) is 9.72 Å². The number of benzene rings is 3. The highest BCUT2D eigenvalue weighted by molar-refractivity contribution is 5.80. The number of hydrogen-bond acceptors (Lipinski definition) is 2. The molecule has 0 unspecified atom stereocenters. The fourth-order valence-corrected chi connectivity index (χ4v) is 3.51. The smallest absolute Gasteiger partial charge is 0.141 e. The average Bonchev–Trinajstić information content (AvgIpc) is 3.07. The maximum Gasteiger partial charge on any atom is 0.141 e. The first kappa shape index (κ1) is 18.3. The van der Waals surface area contributed by atoms with Gasteiger partial charge in [-0.3, -0.25) is 0 Å². The Balaban J connectivity index is 1.58. The van der Waals surface area contributed by atoms with Crippen molar-refractivity contribution in [1.82, 2.24) is 9.55 Å². The number of rotatable bonds is 6. The van der Waals surface area contributed by atoms with Gasteiger partial charge in [-0.05, 0) is 48.7 Å². The zero-order valence-electron chi connectivity index (χ0n) is 16.7. The van der Waals surface area contributed by atoms with E-state index in [2.05, 4.69) is 92.1 Å². The Labute approximate surface area is 166 Å². The molecule has 0 saturated carbocycles. The van der Waals surface area contributed by atoms with Crippen LogP contribution in [0.1, 0.15) is 30.9 Å². The summed E-state index contributed by atoms with van der Waals surface area (Å²) in [7, 11) is 0. The summed E-state index contributed by atoms with van der Waals surface area (Å²) in [6, 6.07) is 25.2. The molecule has 0 aliphatic rings. The lowest BCUT2D eigenvalue weighted by Gasteiger charge is -2.12. The number of imidazole rings is 1. The molecule has 4 aromatic rings. The van der Waals surface area contributed by atoms with Crippen molar-refractivity contribution in [2.75, 3.05) is 6.61 Å². The van der Waals surface area contributed by atoms with Gasteiger partial charge in [0.1, 0.15) is 18.2 Å². The number of aromatic nitrogens is 2. The van der Waals surface area contributed by atoms with E-state index in [9.17, 15) is 0 Å². The molecule has 0 spiro atoms. The van der Waals surface area contributed by atoms with Gasteiger partial charge in [-0.1, -0.05) is 61.9 Å². The molecule has 3 aromatic carbocycles. The van der Waals surface area contributed by atoms with Gasteiger partial charge < -0.3 is 9.30 Å². The Kier molecular flexibility index (Phi) is 5.16. The van der Waals surface area contributed by atoms with Crippen molar-refractivity contribution < 1.29 is 4.74 Å². The first-order chi connectivity index (χ1) is 13.6. The van der Waals surface area contributed by atoms with Gasteiger partial charge in [0.15, 0.2) is 0 Å². The predicted molar refractivity (Wildman–Crippen MR) is 116 cm³/mol. The highest BCUT2D eigenvalue weighted by atomic mass is 16.5. The van der Waals surface area contributed by atoms with Crippen LogP contribution in [0.3, 0.4) is 0 Å². The minimum Gasteiger partial charge on any atom is -0.492 e. The van der Waals surface area contributed by atoms with Crippen LogP contribution in [0, 0.1) is 6.92 Å². The molecule has 0 radical (unpaired) electrons. The molecule has 0 aliphatic carbocycles. The lowest BCUT2D eigenvalue weighted by atomic mass is 10.0. The highest BCUT2D eigenvalue weighted by Gasteiger charge is 2.12. The normalized spacial score (nSPS) is 11.3. The van der Waals surface area contributed by atoms with Crippen LogP contribution < -0.4 is 4.74 Å². The van der Waals surface area contributed by atoms with Gasteiger partial charge in [0.2, 0.25) is 0 Å². The molecule has 0 aliphatic heterocycles. The second kappa shape index (κ2) is 7.89. The van der Waals surface area contributed by atoms with Crippen molar-refractivity contribution in [3.8, 4) is 17.1 Å². The molecule has 0 bridgehead atoms. The number of nitrogens with zero attached hydrogens (tertiary/aromatic N) is 2. The van der Waals surface area contributed by atoms with Crippen molar-refractivity contribution in [3.05, 3.63) is 83.9 Å². The lowest BCUT2D eigenvalue weighted by molar-refractivity contribution is 0.300. The molecule has 4 rings (SSSR count). The van der Waals surface area contributed by atoms with Crippen LogP contribution in [0.2, 0.25) is 0 Å². The summed E-state index contributed by atoms with van der Waals surface area (Å²) in [6.45, 7) is 7.86. The molecule has 1 aromatic heterocycles. The second-order valence-corrected chi connectivity index (χ2v) is 7.52. The van der Waals surface area contributed by atoms with Crippen LogP contribution in [0.5, 0.6) is 5.75 Å². The topological polar surface area (TPSA) is 27.1 Å². The second-order valence-electron chi connectivity index (χ2n) is 7.52. The maximum absolute atomic E-state index is 6.03. The van der Waals surface area contributed by atoms with Crippen molar-refractivity contribution in [2.45, 2.75) is 33.2 Å². The van der Waals surface area contributed by atoms with Gasteiger partial charge in [-0.25, -0.2) is 4.98 Å². The first-order valence-electron chi connectivity index (χ1n) is 9.87. The van der Waals surface area contributed by atoms with Crippen LogP contribution in [0.25, 0.3) is 22.4 Å². The quantitative estimate of drug-likeness (QED) is 0.403. The van der Waals surface area contributed by atoms with Crippen molar-refractivity contribution in [3.63, 3.8) is 0 Å². The van der Waals surface area contributed by atoms with Gasteiger partial charge in [0.05, 0.1) is 17.6 Å². The highest BCUT2D eigenvalue weighted by Crippen LogP contribution is 2.26. The summed E-state index contributed by atoms with van der Waals surface area (Å²) in [4.78, 5) is 4.89. The van der Waals surface area contributed by atoms with E-state index in [1.165, 1.54) is 11.1 Å². The zero-order chi connectivity index (χ0) is 19.5. The maximum atomic E-state index is 6.03. The summed E-state index contributed by atoms with van der Waals surface area (Å²) < 4.78 is 8.29. The summed E-state index contributed by atoms with van der Waals surface area (Å²) in [5.41, 5.74) is 5.85. The number of fused-ring (bicyclic) bond motifs is 1. The van der Waals surface area contributed by atoms with E-state index in [-0.39, 0.29) is 0 Å². The molecule has 3 nitrogen and oxygen atoms in total. The van der Waals surface area contributed by atoms with Crippen LogP contribution in [-0.2, 0) is 6.54 Å². The number of para-hydroxylation sites is 2. The number of ether oxygens (including phenoxy) is 1. The fraction of sp³-hybridized carbons (Fsp3) is 0.240. The van der Waals surface area contributed by atoms with E-state index in [1.54, 1.807) is 0 Å². The Bertz CT molecular complexity index is 1080. The van der Waals surface area contributed by atoms with Crippen LogP contribution in [0.4, 0.5) is 0 Å². The van der Waals surface area contributed by atoms with E-state index >= 15 is 0 Å². The van der Waals surface area contributed by atoms with Gasteiger partial charge in [-0.15, -0.1) is 0 Å². The van der Waals surface area contributed by atoms with E-state index in [0.717, 1.165) is 34.7 Å². The molecule has 142 valence electrons. The summed E-state index contributed by atoms with van der Waals surface area (Å²) in [5.74, 6) is 2.43. The van der Waals surface area contributed by atoms with Crippen molar-refractivity contribution in [2.24, 2.45) is 0 Å². The molecule has 28 heavy (non-hydrogen) atoms. The monoisotopic (exact) mass is 370 g/mol. The molecule has 0 atom stereocenters. The molecule has 0 N–H and O–H groups in total. The van der Waals surface area contributed by atoms with Gasteiger partial charge in [-0.2, -0.15) is 0 Å². The minimum absolute atomic E-state index is 0.531. The molecule has 1 heterocycles. The first-order valence-corrected chi connectivity index (χ1v) is 9.87. The average molecular weight is 370 g/mol. The van der Waals surface area contributed by atoms with Crippen LogP contribution in [0.15, 0.2) is 72.8 Å². The molecule has 0 fully saturated rings. The largest absolute Gasteiger partial charge is 0.492 e. The third kappa shape index (κ3) is 3.79. The van der Waals surface area contributed by atoms with Crippen LogP contribution >= 0.6 is 0 Å². The minimum atomic E-state index is 0.531. The SMILES string of the molecule is Cc1cccc(-c2nc3ccccc3n2CCOc2ccc(C(C)C)cc2)c1. The zero-order valence-corrected chi connectivity index (χ0v) is 16.7. The molecular formula is C25H26N2O. The fourth-order valence-electron chi connectivity index (χ4n) is 3.51. The lowest BCUT2D eigenvalue weighted by Crippen LogP contribution is -2.09. The van der Waals surface area contributed by atoms with Gasteiger partial charge >= 0.3 is 0 Å².